The average molecular weight is 666 g/mol. The highest BCUT2D eigenvalue weighted by molar-refractivity contribution is 6.30. The Hall–Kier alpha value is -3.53. The van der Waals surface area contributed by atoms with Crippen LogP contribution >= 0.6 is 11.6 Å². The molecule has 2 aliphatic heterocycles. The summed E-state index contributed by atoms with van der Waals surface area (Å²) in [7, 11) is 0. The second kappa shape index (κ2) is 14.3. The SMILES string of the molecule is NC1CC2CCC(C1)N2C(=O)[C@@H](NC(=O)[C@@H](O)c1ccc(OCC2CCCCC2)cc1)C(F)(F)c1ccc(-c2ccc(Cl)cc2)cc1. The van der Waals surface area contributed by atoms with Crippen LogP contribution in [0, 0.1) is 5.92 Å². The first-order valence-corrected chi connectivity index (χ1v) is 17.0. The molecule has 3 aromatic rings. The molecule has 0 radical (unpaired) electrons. The van der Waals surface area contributed by atoms with Crippen LogP contribution in [-0.2, 0) is 15.5 Å². The van der Waals surface area contributed by atoms with Gasteiger partial charge in [-0.25, -0.2) is 0 Å². The molecule has 10 heteroatoms. The number of nitrogens with zero attached hydrogens (tertiary/aromatic N) is 1. The van der Waals surface area contributed by atoms with Crippen LogP contribution in [0.25, 0.3) is 11.1 Å². The fourth-order valence-corrected chi connectivity index (χ4v) is 7.54. The summed E-state index contributed by atoms with van der Waals surface area (Å²) < 4.78 is 38.9. The van der Waals surface area contributed by atoms with E-state index in [1.165, 1.54) is 48.4 Å². The lowest BCUT2D eigenvalue weighted by molar-refractivity contribution is -0.155. The number of carbonyl (C=O) groups excluding carboxylic acids is 2. The Bertz CT molecular complexity index is 1520. The highest BCUT2D eigenvalue weighted by Gasteiger charge is 2.53. The van der Waals surface area contributed by atoms with Gasteiger partial charge in [0, 0.05) is 28.7 Å². The molecule has 3 fully saturated rings. The Morgan fingerprint density at radius 1 is 0.894 bits per heavy atom. The van der Waals surface area contributed by atoms with Crippen molar-refractivity contribution in [1.29, 1.82) is 0 Å². The summed E-state index contributed by atoms with van der Waals surface area (Å²) in [5.74, 6) is -4.63. The molecule has 2 bridgehead atoms. The van der Waals surface area contributed by atoms with E-state index in [2.05, 4.69) is 5.32 Å². The zero-order valence-corrected chi connectivity index (χ0v) is 27.0. The molecule has 1 saturated carbocycles. The third kappa shape index (κ3) is 7.47. The molecule has 2 amide bonds. The van der Waals surface area contributed by atoms with Gasteiger partial charge in [-0.3, -0.25) is 9.59 Å². The molecule has 3 aliphatic rings. The molecule has 2 saturated heterocycles. The number of nitrogens with two attached hydrogens (primary N) is 1. The van der Waals surface area contributed by atoms with Crippen molar-refractivity contribution >= 4 is 23.4 Å². The number of aliphatic hydroxyl groups is 1. The maximum absolute atomic E-state index is 16.5. The van der Waals surface area contributed by atoms with Gasteiger partial charge in [-0.15, -0.1) is 0 Å². The predicted octanol–water partition coefficient (Wildman–Crippen LogP) is 6.76. The molecular formula is C37H42ClF2N3O4. The first-order valence-electron chi connectivity index (χ1n) is 16.6. The van der Waals surface area contributed by atoms with Crippen LogP contribution in [0.4, 0.5) is 8.78 Å². The smallest absolute Gasteiger partial charge is 0.302 e. The van der Waals surface area contributed by atoms with Gasteiger partial charge in [-0.2, -0.15) is 8.78 Å². The van der Waals surface area contributed by atoms with Gasteiger partial charge in [-0.05, 0) is 85.4 Å². The topological polar surface area (TPSA) is 105 Å². The highest BCUT2D eigenvalue weighted by Crippen LogP contribution is 2.40. The lowest BCUT2D eigenvalue weighted by atomic mass is 9.90. The van der Waals surface area contributed by atoms with Gasteiger partial charge in [0.2, 0.25) is 0 Å². The standard InChI is InChI=1S/C37H42ClF2N3O4/c38-28-14-8-25(9-15-28)24-6-12-27(13-7-24)37(39,40)34(36(46)43-30-16-17-31(43)21-29(41)20-30)42-35(45)33(44)26-10-18-32(19-11-26)47-22-23-4-2-1-3-5-23/h6-15,18-19,23,29-31,33-34,44H,1-5,16-17,20-22,41H2,(H,42,45)/t29?,30?,31?,33-,34+/m0/s1. The van der Waals surface area contributed by atoms with E-state index in [1.54, 1.807) is 48.5 Å². The van der Waals surface area contributed by atoms with Gasteiger partial charge in [0.25, 0.3) is 11.8 Å². The number of rotatable bonds is 10. The monoisotopic (exact) mass is 665 g/mol. The minimum Gasteiger partial charge on any atom is -0.493 e. The number of piperidine rings is 1. The van der Waals surface area contributed by atoms with Crippen LogP contribution in [-0.4, -0.2) is 52.6 Å². The van der Waals surface area contributed by atoms with Gasteiger partial charge < -0.3 is 25.8 Å². The molecule has 6 rings (SSSR count). The van der Waals surface area contributed by atoms with Gasteiger partial charge in [0.05, 0.1) is 6.61 Å². The van der Waals surface area contributed by atoms with E-state index in [0.29, 0.717) is 54.5 Å². The summed E-state index contributed by atoms with van der Waals surface area (Å²) in [5, 5.41) is 13.8. The number of hydrogen-bond donors (Lipinski definition) is 3. The van der Waals surface area contributed by atoms with E-state index in [0.717, 1.165) is 18.4 Å². The van der Waals surface area contributed by atoms with E-state index in [-0.39, 0.29) is 23.7 Å². The number of benzene rings is 3. The van der Waals surface area contributed by atoms with Crippen LogP contribution < -0.4 is 15.8 Å². The summed E-state index contributed by atoms with van der Waals surface area (Å²) in [6.07, 6.45) is 6.55. The van der Waals surface area contributed by atoms with Crippen molar-refractivity contribution in [3.63, 3.8) is 0 Å². The van der Waals surface area contributed by atoms with E-state index < -0.39 is 35.4 Å². The molecule has 2 unspecified atom stereocenters. The predicted molar refractivity (Wildman–Crippen MR) is 177 cm³/mol. The van der Waals surface area contributed by atoms with Gasteiger partial charge >= 0.3 is 5.92 Å². The largest absolute Gasteiger partial charge is 0.493 e. The Morgan fingerprint density at radius 2 is 1.47 bits per heavy atom. The first kappa shape index (κ1) is 33.4. The summed E-state index contributed by atoms with van der Waals surface area (Å²) in [6, 6.07) is 16.1. The molecule has 250 valence electrons. The van der Waals surface area contributed by atoms with E-state index in [1.807, 2.05) is 0 Å². The van der Waals surface area contributed by atoms with Crippen LogP contribution in [0.3, 0.4) is 0 Å². The number of alkyl halides is 2. The molecule has 4 N–H and O–H groups in total. The molecule has 47 heavy (non-hydrogen) atoms. The fraction of sp³-hybridized carbons (Fsp3) is 0.459. The molecule has 0 spiro atoms. The lowest BCUT2D eigenvalue weighted by Crippen LogP contribution is -2.61. The van der Waals surface area contributed by atoms with Crippen molar-refractivity contribution in [1.82, 2.24) is 10.2 Å². The number of halogens is 3. The van der Waals surface area contributed by atoms with Crippen molar-refractivity contribution in [3.05, 3.63) is 88.9 Å². The third-order valence-corrected chi connectivity index (χ3v) is 10.3. The maximum Gasteiger partial charge on any atom is 0.302 e. The lowest BCUT2D eigenvalue weighted by Gasteiger charge is -2.41. The van der Waals surface area contributed by atoms with E-state index >= 15 is 8.78 Å². The Labute approximate surface area is 279 Å². The number of fused-ring (bicyclic) bond motifs is 2. The number of amides is 2. The molecule has 4 atom stereocenters. The number of ether oxygens (including phenoxy) is 1. The highest BCUT2D eigenvalue weighted by atomic mass is 35.5. The van der Waals surface area contributed by atoms with Gasteiger partial charge in [-0.1, -0.05) is 79.4 Å². The molecular weight excluding hydrogens is 624 g/mol. The van der Waals surface area contributed by atoms with Crippen molar-refractivity contribution < 1.29 is 28.2 Å². The van der Waals surface area contributed by atoms with Crippen LogP contribution in [0.15, 0.2) is 72.8 Å². The average Bonchev–Trinajstić information content (AvgIpc) is 3.36. The summed E-state index contributed by atoms with van der Waals surface area (Å²) in [4.78, 5) is 28.9. The zero-order valence-electron chi connectivity index (χ0n) is 26.3. The normalized spacial score (nSPS) is 22.8. The van der Waals surface area contributed by atoms with Crippen LogP contribution in [0.2, 0.25) is 5.02 Å². The molecule has 3 aromatic carbocycles. The van der Waals surface area contributed by atoms with Gasteiger partial charge in [0.15, 0.2) is 12.1 Å². The number of carbonyl (C=O) groups is 2. The fourth-order valence-electron chi connectivity index (χ4n) is 7.42. The second-order valence-electron chi connectivity index (χ2n) is 13.3. The quantitative estimate of drug-likeness (QED) is 0.222. The first-order chi connectivity index (χ1) is 22.6. The maximum atomic E-state index is 16.5. The van der Waals surface area contributed by atoms with Crippen molar-refractivity contribution in [2.45, 2.75) is 94.0 Å². The van der Waals surface area contributed by atoms with Crippen molar-refractivity contribution in [2.24, 2.45) is 11.7 Å². The minimum absolute atomic E-state index is 0.109. The molecule has 7 nitrogen and oxygen atoms in total. The molecule has 2 heterocycles. The van der Waals surface area contributed by atoms with E-state index in [9.17, 15) is 14.7 Å². The number of aliphatic hydroxyl groups excluding tert-OH is 1. The number of hydrogen-bond acceptors (Lipinski definition) is 5. The Kier molecular flexibility index (Phi) is 10.2. The van der Waals surface area contributed by atoms with E-state index in [4.69, 9.17) is 22.1 Å². The third-order valence-electron chi connectivity index (χ3n) is 10.0. The van der Waals surface area contributed by atoms with Crippen LogP contribution in [0.1, 0.15) is 75.0 Å². The van der Waals surface area contributed by atoms with Crippen molar-refractivity contribution in [3.8, 4) is 16.9 Å². The number of nitrogens with one attached hydrogen (secondary N) is 1. The Morgan fingerprint density at radius 3 is 2.06 bits per heavy atom. The summed E-state index contributed by atoms with van der Waals surface area (Å²) >= 11 is 5.99. The minimum atomic E-state index is -3.79. The van der Waals surface area contributed by atoms with Gasteiger partial charge in [0.1, 0.15) is 5.75 Å². The molecule has 1 aliphatic carbocycles. The van der Waals surface area contributed by atoms with Crippen molar-refractivity contribution in [2.75, 3.05) is 6.61 Å². The summed E-state index contributed by atoms with van der Waals surface area (Å²) in [6.45, 7) is 0.603. The molecule has 0 aromatic heterocycles. The second-order valence-corrected chi connectivity index (χ2v) is 13.7. The summed E-state index contributed by atoms with van der Waals surface area (Å²) in [5.41, 5.74) is 7.45. The Balaban J connectivity index is 1.21. The zero-order chi connectivity index (χ0) is 33.1. The van der Waals surface area contributed by atoms with Crippen LogP contribution in [0.5, 0.6) is 5.75 Å².